The van der Waals surface area contributed by atoms with E-state index >= 15 is 0 Å². The Morgan fingerprint density at radius 1 is 1.07 bits per heavy atom. The summed E-state index contributed by atoms with van der Waals surface area (Å²) in [5.74, 6) is -0.396. The van der Waals surface area contributed by atoms with E-state index in [0.717, 1.165) is 6.20 Å². The number of nitrogens with zero attached hydrogens (tertiary/aromatic N) is 3. The summed E-state index contributed by atoms with van der Waals surface area (Å²) >= 11 is 11.2. The van der Waals surface area contributed by atoms with Crippen LogP contribution in [0, 0.1) is 5.82 Å². The first-order chi connectivity index (χ1) is 7.16. The Labute approximate surface area is 94.9 Å². The zero-order valence-corrected chi connectivity index (χ0v) is 8.80. The molecule has 0 amide bonds. The van der Waals surface area contributed by atoms with Crippen LogP contribution >= 0.6 is 23.2 Å². The molecule has 0 aliphatic carbocycles. The average Bonchev–Trinajstić information content (AvgIpc) is 2.23. The second-order valence-corrected chi connectivity index (χ2v) is 3.49. The standard InChI is InChI=1S/C9H4Cl2FN3/c10-5-1-2-7(13-3-5)9-14-4-6(12)8(11)15-9/h1-4H. The van der Waals surface area contributed by atoms with Gasteiger partial charge in [-0.15, -0.1) is 0 Å². The summed E-state index contributed by atoms with van der Waals surface area (Å²) in [5, 5.41) is 0.281. The molecule has 0 bridgehead atoms. The molecule has 0 spiro atoms. The predicted octanol–water partition coefficient (Wildman–Crippen LogP) is 2.98. The van der Waals surface area contributed by atoms with Gasteiger partial charge >= 0.3 is 0 Å². The van der Waals surface area contributed by atoms with Crippen molar-refractivity contribution in [1.29, 1.82) is 0 Å². The van der Waals surface area contributed by atoms with Crippen molar-refractivity contribution in [2.45, 2.75) is 0 Å². The molecule has 2 aromatic rings. The number of rotatable bonds is 1. The zero-order chi connectivity index (χ0) is 10.8. The van der Waals surface area contributed by atoms with E-state index in [9.17, 15) is 4.39 Å². The Morgan fingerprint density at radius 2 is 1.87 bits per heavy atom. The minimum absolute atomic E-state index is 0.225. The van der Waals surface area contributed by atoms with Crippen molar-refractivity contribution in [2.75, 3.05) is 0 Å². The summed E-state index contributed by atoms with van der Waals surface area (Å²) in [6.07, 6.45) is 2.46. The maximum absolute atomic E-state index is 12.8. The van der Waals surface area contributed by atoms with Gasteiger partial charge in [0.05, 0.1) is 11.2 Å². The molecule has 0 saturated heterocycles. The van der Waals surface area contributed by atoms with Crippen LogP contribution in [0.3, 0.4) is 0 Å². The van der Waals surface area contributed by atoms with E-state index in [1.807, 2.05) is 0 Å². The van der Waals surface area contributed by atoms with Crippen LogP contribution in [-0.2, 0) is 0 Å². The maximum atomic E-state index is 12.8. The van der Waals surface area contributed by atoms with Crippen molar-refractivity contribution in [1.82, 2.24) is 15.0 Å². The van der Waals surface area contributed by atoms with Crippen LogP contribution in [-0.4, -0.2) is 15.0 Å². The molecule has 2 heterocycles. The zero-order valence-electron chi connectivity index (χ0n) is 7.28. The lowest BCUT2D eigenvalue weighted by Gasteiger charge is -1.99. The number of hydrogen-bond donors (Lipinski definition) is 0. The Kier molecular flexibility index (Phi) is 2.79. The van der Waals surface area contributed by atoms with Crippen molar-refractivity contribution in [2.24, 2.45) is 0 Å². The van der Waals surface area contributed by atoms with Gasteiger partial charge in [0.1, 0.15) is 5.69 Å². The highest BCUT2D eigenvalue weighted by Gasteiger charge is 2.07. The third-order valence-electron chi connectivity index (χ3n) is 1.66. The molecule has 3 nitrogen and oxygen atoms in total. The highest BCUT2D eigenvalue weighted by atomic mass is 35.5. The van der Waals surface area contributed by atoms with Crippen LogP contribution in [0.25, 0.3) is 11.5 Å². The van der Waals surface area contributed by atoms with Crippen LogP contribution in [0.4, 0.5) is 4.39 Å². The van der Waals surface area contributed by atoms with Gasteiger partial charge in [0.25, 0.3) is 0 Å². The molecule has 0 atom stereocenters. The Balaban J connectivity index is 2.45. The molecule has 0 unspecified atom stereocenters. The summed E-state index contributed by atoms with van der Waals surface area (Å²) in [6.45, 7) is 0. The fourth-order valence-electron chi connectivity index (χ4n) is 0.978. The lowest BCUT2D eigenvalue weighted by Crippen LogP contribution is -1.93. The van der Waals surface area contributed by atoms with Crippen molar-refractivity contribution in [3.05, 3.63) is 40.5 Å². The molecule has 0 aliphatic rings. The van der Waals surface area contributed by atoms with Gasteiger partial charge in [-0.2, -0.15) is 0 Å². The van der Waals surface area contributed by atoms with Gasteiger partial charge in [0.2, 0.25) is 0 Å². The van der Waals surface area contributed by atoms with Gasteiger partial charge in [0, 0.05) is 6.20 Å². The fourth-order valence-corrected chi connectivity index (χ4v) is 1.22. The molecule has 0 aromatic carbocycles. The van der Waals surface area contributed by atoms with Crippen molar-refractivity contribution >= 4 is 23.2 Å². The molecule has 76 valence electrons. The fraction of sp³-hybridized carbons (Fsp3) is 0. The van der Waals surface area contributed by atoms with Crippen LogP contribution in [0.5, 0.6) is 0 Å². The Hall–Kier alpha value is -1.26. The lowest BCUT2D eigenvalue weighted by atomic mass is 10.3. The molecular weight excluding hydrogens is 240 g/mol. The monoisotopic (exact) mass is 243 g/mol. The highest BCUT2D eigenvalue weighted by Crippen LogP contribution is 2.17. The van der Waals surface area contributed by atoms with Gasteiger partial charge in [-0.1, -0.05) is 23.2 Å². The number of pyridine rings is 1. The average molecular weight is 244 g/mol. The van der Waals surface area contributed by atoms with E-state index < -0.39 is 5.82 Å². The SMILES string of the molecule is Fc1cnc(-c2ccc(Cl)cn2)nc1Cl. The molecule has 0 saturated carbocycles. The molecular formula is C9H4Cl2FN3. The van der Waals surface area contributed by atoms with E-state index in [0.29, 0.717) is 10.7 Å². The first-order valence-electron chi connectivity index (χ1n) is 3.97. The van der Waals surface area contributed by atoms with E-state index in [2.05, 4.69) is 15.0 Å². The normalized spacial score (nSPS) is 10.3. The number of aromatic nitrogens is 3. The Bertz CT molecular complexity index is 487. The molecule has 2 rings (SSSR count). The molecule has 6 heteroatoms. The van der Waals surface area contributed by atoms with Gasteiger partial charge in [-0.25, -0.2) is 14.4 Å². The van der Waals surface area contributed by atoms with Gasteiger partial charge in [-0.05, 0) is 12.1 Å². The molecule has 0 fully saturated rings. The topological polar surface area (TPSA) is 38.7 Å². The van der Waals surface area contributed by atoms with Crippen LogP contribution in [0.1, 0.15) is 0 Å². The lowest BCUT2D eigenvalue weighted by molar-refractivity contribution is 0.614. The number of halogens is 3. The smallest absolute Gasteiger partial charge is 0.179 e. The minimum Gasteiger partial charge on any atom is -0.251 e. The van der Waals surface area contributed by atoms with E-state index in [4.69, 9.17) is 23.2 Å². The van der Waals surface area contributed by atoms with Crippen LogP contribution in [0.15, 0.2) is 24.5 Å². The quantitative estimate of drug-likeness (QED) is 0.723. The molecule has 0 radical (unpaired) electrons. The van der Waals surface area contributed by atoms with Crippen LogP contribution in [0.2, 0.25) is 10.2 Å². The van der Waals surface area contributed by atoms with E-state index in [1.54, 1.807) is 12.1 Å². The summed E-state index contributed by atoms with van der Waals surface area (Å²) in [7, 11) is 0. The summed E-state index contributed by atoms with van der Waals surface area (Å²) in [6, 6.07) is 3.27. The minimum atomic E-state index is -0.658. The van der Waals surface area contributed by atoms with E-state index in [1.165, 1.54) is 6.20 Å². The molecule has 0 aliphatic heterocycles. The first kappa shape index (κ1) is 10.3. The van der Waals surface area contributed by atoms with Crippen molar-refractivity contribution in [3.63, 3.8) is 0 Å². The highest BCUT2D eigenvalue weighted by molar-refractivity contribution is 6.30. The van der Waals surface area contributed by atoms with Crippen molar-refractivity contribution < 1.29 is 4.39 Å². The first-order valence-corrected chi connectivity index (χ1v) is 4.72. The van der Waals surface area contributed by atoms with Gasteiger partial charge in [-0.3, -0.25) is 4.98 Å². The predicted molar refractivity (Wildman–Crippen MR) is 55.2 cm³/mol. The summed E-state index contributed by atoms with van der Waals surface area (Å²) in [5.41, 5.74) is 0.487. The summed E-state index contributed by atoms with van der Waals surface area (Å²) in [4.78, 5) is 11.5. The second kappa shape index (κ2) is 4.08. The van der Waals surface area contributed by atoms with Gasteiger partial charge in [0.15, 0.2) is 16.8 Å². The number of hydrogen-bond acceptors (Lipinski definition) is 3. The third-order valence-corrected chi connectivity index (χ3v) is 2.15. The van der Waals surface area contributed by atoms with Crippen LogP contribution < -0.4 is 0 Å². The molecule has 0 N–H and O–H groups in total. The van der Waals surface area contributed by atoms with Crippen molar-refractivity contribution in [3.8, 4) is 11.5 Å². The largest absolute Gasteiger partial charge is 0.251 e. The van der Waals surface area contributed by atoms with Gasteiger partial charge < -0.3 is 0 Å². The van der Waals surface area contributed by atoms with E-state index in [-0.39, 0.29) is 11.0 Å². The Morgan fingerprint density at radius 3 is 2.47 bits per heavy atom. The molecule has 15 heavy (non-hydrogen) atoms. The summed E-state index contributed by atoms with van der Waals surface area (Å²) < 4.78 is 12.8. The maximum Gasteiger partial charge on any atom is 0.179 e. The molecule has 2 aromatic heterocycles. The second-order valence-electron chi connectivity index (χ2n) is 2.69. The third kappa shape index (κ3) is 2.22.